The second-order valence-electron chi connectivity index (χ2n) is 3.68. The molecule has 0 aliphatic heterocycles. The van der Waals surface area contributed by atoms with E-state index in [1.807, 2.05) is 0 Å². The number of halogens is 2. The van der Waals surface area contributed by atoms with Crippen LogP contribution in [0.2, 0.25) is 10.0 Å². The van der Waals surface area contributed by atoms with Crippen molar-refractivity contribution in [1.82, 2.24) is 4.98 Å². The lowest BCUT2D eigenvalue weighted by Gasteiger charge is -2.11. The van der Waals surface area contributed by atoms with Crippen LogP contribution in [0.25, 0.3) is 11.1 Å². The van der Waals surface area contributed by atoms with Gasteiger partial charge in [0.05, 0.1) is 17.2 Å². The molecule has 98 valence electrons. The highest BCUT2D eigenvalue weighted by atomic mass is 35.5. The molecule has 19 heavy (non-hydrogen) atoms. The Balaban J connectivity index is 2.62. The van der Waals surface area contributed by atoms with Crippen LogP contribution in [0.1, 0.15) is 10.5 Å². The Kier molecular flexibility index (Phi) is 3.93. The SMILES string of the molecule is COc1cc(C(=O)O)ncc1-c1cccc(Cl)c1Cl. The molecule has 0 aliphatic rings. The number of pyridine rings is 1. The number of ether oxygens (including phenoxy) is 1. The summed E-state index contributed by atoms with van der Waals surface area (Å²) in [7, 11) is 1.45. The molecule has 1 aromatic carbocycles. The fourth-order valence-electron chi connectivity index (χ4n) is 1.64. The zero-order valence-electron chi connectivity index (χ0n) is 9.85. The summed E-state index contributed by atoms with van der Waals surface area (Å²) in [6.45, 7) is 0. The van der Waals surface area contributed by atoms with Crippen LogP contribution in [0.4, 0.5) is 0 Å². The number of methoxy groups -OCH3 is 1. The van der Waals surface area contributed by atoms with Crippen molar-refractivity contribution in [2.24, 2.45) is 0 Å². The van der Waals surface area contributed by atoms with Gasteiger partial charge in [-0.25, -0.2) is 9.78 Å². The molecule has 4 nitrogen and oxygen atoms in total. The first-order valence-corrected chi connectivity index (χ1v) is 6.02. The summed E-state index contributed by atoms with van der Waals surface area (Å²) in [5.74, 6) is -0.751. The molecule has 0 atom stereocenters. The summed E-state index contributed by atoms with van der Waals surface area (Å²) < 4.78 is 5.18. The van der Waals surface area contributed by atoms with Crippen LogP contribution in [-0.4, -0.2) is 23.2 Å². The standard InChI is InChI=1S/C13H9Cl2NO3/c1-19-11-5-10(13(17)18)16-6-8(11)7-3-2-4-9(14)12(7)15/h2-6H,1H3,(H,17,18). The van der Waals surface area contributed by atoms with Gasteiger partial charge < -0.3 is 9.84 Å². The summed E-state index contributed by atoms with van der Waals surface area (Å²) in [6, 6.07) is 6.51. The van der Waals surface area contributed by atoms with Crippen LogP contribution in [0.5, 0.6) is 5.75 Å². The van der Waals surface area contributed by atoms with Gasteiger partial charge >= 0.3 is 5.97 Å². The molecule has 0 aliphatic carbocycles. The summed E-state index contributed by atoms with van der Waals surface area (Å²) in [5, 5.41) is 9.67. The number of benzene rings is 1. The normalized spacial score (nSPS) is 10.3. The summed E-state index contributed by atoms with van der Waals surface area (Å²) in [5.41, 5.74) is 1.12. The van der Waals surface area contributed by atoms with Crippen LogP contribution in [0, 0.1) is 0 Å². The van der Waals surface area contributed by atoms with Crippen molar-refractivity contribution >= 4 is 29.2 Å². The maximum Gasteiger partial charge on any atom is 0.354 e. The van der Waals surface area contributed by atoms with Gasteiger partial charge in [0.25, 0.3) is 0 Å². The van der Waals surface area contributed by atoms with E-state index in [1.165, 1.54) is 19.4 Å². The predicted molar refractivity (Wildman–Crippen MR) is 73.2 cm³/mol. The molecule has 0 unspecified atom stereocenters. The van der Waals surface area contributed by atoms with Crippen LogP contribution in [0.15, 0.2) is 30.5 Å². The number of carbonyl (C=O) groups is 1. The van der Waals surface area contributed by atoms with E-state index >= 15 is 0 Å². The molecular formula is C13H9Cl2NO3. The molecule has 1 aromatic heterocycles. The van der Waals surface area contributed by atoms with E-state index in [2.05, 4.69) is 4.98 Å². The number of carboxylic acids is 1. The third-order valence-electron chi connectivity index (χ3n) is 2.55. The van der Waals surface area contributed by atoms with Gasteiger partial charge in [0.1, 0.15) is 5.75 Å². The smallest absolute Gasteiger partial charge is 0.354 e. The summed E-state index contributed by atoms with van der Waals surface area (Å²) in [6.07, 6.45) is 1.40. The first-order valence-electron chi connectivity index (χ1n) is 5.26. The highest BCUT2D eigenvalue weighted by molar-refractivity contribution is 6.43. The second kappa shape index (κ2) is 5.47. The minimum absolute atomic E-state index is 0.0984. The van der Waals surface area contributed by atoms with Crippen molar-refractivity contribution in [2.75, 3.05) is 7.11 Å². The number of rotatable bonds is 3. The van der Waals surface area contributed by atoms with Gasteiger partial charge in [-0.05, 0) is 6.07 Å². The fraction of sp³-hybridized carbons (Fsp3) is 0.0769. The molecule has 0 amide bonds. The van der Waals surface area contributed by atoms with Gasteiger partial charge in [-0.1, -0.05) is 35.3 Å². The van der Waals surface area contributed by atoms with Crippen molar-refractivity contribution in [3.63, 3.8) is 0 Å². The Morgan fingerprint density at radius 3 is 2.68 bits per heavy atom. The van der Waals surface area contributed by atoms with Crippen molar-refractivity contribution in [1.29, 1.82) is 0 Å². The van der Waals surface area contributed by atoms with Gasteiger partial charge in [-0.3, -0.25) is 0 Å². The molecule has 0 saturated carbocycles. The van der Waals surface area contributed by atoms with Gasteiger partial charge in [0.2, 0.25) is 0 Å². The van der Waals surface area contributed by atoms with E-state index in [0.29, 0.717) is 26.9 Å². The van der Waals surface area contributed by atoms with E-state index in [0.717, 1.165) is 0 Å². The fourth-order valence-corrected chi connectivity index (χ4v) is 2.04. The second-order valence-corrected chi connectivity index (χ2v) is 4.46. The maximum absolute atomic E-state index is 10.9. The van der Waals surface area contributed by atoms with Crippen molar-refractivity contribution in [3.8, 4) is 16.9 Å². The average Bonchev–Trinajstić information content (AvgIpc) is 2.41. The molecule has 0 spiro atoms. The van der Waals surface area contributed by atoms with Gasteiger partial charge in [0.15, 0.2) is 5.69 Å². The molecule has 1 heterocycles. The van der Waals surface area contributed by atoms with Gasteiger partial charge in [-0.15, -0.1) is 0 Å². The molecule has 2 rings (SSSR count). The maximum atomic E-state index is 10.9. The van der Waals surface area contributed by atoms with E-state index in [1.54, 1.807) is 18.2 Å². The van der Waals surface area contributed by atoms with Crippen LogP contribution in [-0.2, 0) is 0 Å². The minimum Gasteiger partial charge on any atom is -0.496 e. The lowest BCUT2D eigenvalue weighted by atomic mass is 10.1. The topological polar surface area (TPSA) is 59.4 Å². The molecule has 1 N–H and O–H groups in total. The molecule has 0 fully saturated rings. The number of nitrogens with zero attached hydrogens (tertiary/aromatic N) is 1. The van der Waals surface area contributed by atoms with Gasteiger partial charge in [0, 0.05) is 23.4 Å². The van der Waals surface area contributed by atoms with Gasteiger partial charge in [-0.2, -0.15) is 0 Å². The van der Waals surface area contributed by atoms with E-state index in [-0.39, 0.29) is 5.69 Å². The zero-order valence-corrected chi connectivity index (χ0v) is 11.4. The molecule has 0 radical (unpaired) electrons. The number of hydrogen-bond donors (Lipinski definition) is 1. The Bertz CT molecular complexity index is 644. The van der Waals surface area contributed by atoms with Crippen molar-refractivity contribution < 1.29 is 14.6 Å². The minimum atomic E-state index is -1.12. The van der Waals surface area contributed by atoms with E-state index in [9.17, 15) is 4.79 Å². The zero-order chi connectivity index (χ0) is 14.0. The number of aromatic carboxylic acids is 1. The predicted octanol–water partition coefficient (Wildman–Crippen LogP) is 3.76. The first-order chi connectivity index (χ1) is 9.04. The Labute approximate surface area is 119 Å². The molecule has 0 saturated heterocycles. The monoisotopic (exact) mass is 297 g/mol. The summed E-state index contributed by atoms with van der Waals surface area (Å²) in [4.78, 5) is 14.7. The molecule has 0 bridgehead atoms. The summed E-state index contributed by atoms with van der Waals surface area (Å²) >= 11 is 12.1. The van der Waals surface area contributed by atoms with Crippen molar-refractivity contribution in [3.05, 3.63) is 46.2 Å². The van der Waals surface area contributed by atoms with E-state index < -0.39 is 5.97 Å². The third kappa shape index (κ3) is 2.64. The highest BCUT2D eigenvalue weighted by Gasteiger charge is 2.15. The lowest BCUT2D eigenvalue weighted by Crippen LogP contribution is -2.01. The number of hydrogen-bond acceptors (Lipinski definition) is 3. The third-order valence-corrected chi connectivity index (χ3v) is 3.37. The van der Waals surface area contributed by atoms with Crippen LogP contribution >= 0.6 is 23.2 Å². The molecule has 6 heteroatoms. The lowest BCUT2D eigenvalue weighted by molar-refractivity contribution is 0.0690. The first kappa shape index (κ1) is 13.6. The average molecular weight is 298 g/mol. The Morgan fingerprint density at radius 2 is 2.05 bits per heavy atom. The quantitative estimate of drug-likeness (QED) is 0.937. The van der Waals surface area contributed by atoms with E-state index in [4.69, 9.17) is 33.0 Å². The number of carboxylic acid groups (broad SMARTS) is 1. The van der Waals surface area contributed by atoms with Crippen molar-refractivity contribution in [2.45, 2.75) is 0 Å². The largest absolute Gasteiger partial charge is 0.496 e. The van der Waals surface area contributed by atoms with Crippen LogP contribution in [0.3, 0.4) is 0 Å². The Morgan fingerprint density at radius 1 is 1.32 bits per heavy atom. The molecular weight excluding hydrogens is 289 g/mol. The number of aromatic nitrogens is 1. The Hall–Kier alpha value is -1.78. The van der Waals surface area contributed by atoms with Crippen LogP contribution < -0.4 is 4.74 Å². The highest BCUT2D eigenvalue weighted by Crippen LogP contribution is 2.37. The molecule has 2 aromatic rings.